The van der Waals surface area contributed by atoms with E-state index in [4.69, 9.17) is 5.73 Å². The molecule has 0 radical (unpaired) electrons. The fraction of sp³-hybridized carbons (Fsp3) is 0.200. The van der Waals surface area contributed by atoms with Gasteiger partial charge in [-0.2, -0.15) is 13.2 Å². The molecule has 138 valence electrons. The molecule has 0 aliphatic rings. The third-order valence-corrected chi connectivity index (χ3v) is 3.13. The van der Waals surface area contributed by atoms with E-state index in [-0.39, 0.29) is 18.0 Å². The van der Waals surface area contributed by atoms with Gasteiger partial charge in [-0.15, -0.1) is 25.6 Å². The van der Waals surface area contributed by atoms with Gasteiger partial charge in [0.15, 0.2) is 0 Å². The molecule has 0 bridgehead atoms. The van der Waals surface area contributed by atoms with Crippen LogP contribution in [0.15, 0.2) is 42.5 Å². The molecule has 0 aromatic heterocycles. The second-order valence-corrected chi connectivity index (χ2v) is 4.82. The van der Waals surface area contributed by atoms with Crippen LogP contribution in [0.2, 0.25) is 0 Å². The zero-order chi connectivity index (χ0) is 18.1. The van der Waals surface area contributed by atoms with E-state index in [1.165, 1.54) is 0 Å². The van der Waals surface area contributed by atoms with Gasteiger partial charge in [0.1, 0.15) is 11.6 Å². The topological polar surface area (TPSA) is 35.2 Å². The molecule has 2 N–H and O–H groups in total. The van der Waals surface area contributed by atoms with Gasteiger partial charge < -0.3 is 10.5 Å². The molecule has 2 aromatic carbocycles. The van der Waals surface area contributed by atoms with Gasteiger partial charge in [-0.25, -0.2) is 4.39 Å². The highest BCUT2D eigenvalue weighted by atomic mass is 35.5. The number of halogens is 8. The average Bonchev–Trinajstić information content (AvgIpc) is 2.44. The van der Waals surface area contributed by atoms with E-state index in [9.17, 15) is 30.7 Å². The number of ether oxygens (including phenoxy) is 1. The summed E-state index contributed by atoms with van der Waals surface area (Å²) < 4.78 is 92.0. The van der Waals surface area contributed by atoms with E-state index in [2.05, 4.69) is 4.74 Å². The lowest BCUT2D eigenvalue weighted by atomic mass is 9.94. The minimum Gasteiger partial charge on any atom is -0.406 e. The Bertz CT molecular complexity index is 713. The first-order valence-electron chi connectivity index (χ1n) is 6.45. The van der Waals surface area contributed by atoms with Gasteiger partial charge in [-0.1, -0.05) is 18.2 Å². The highest BCUT2D eigenvalue weighted by Crippen LogP contribution is 2.36. The lowest BCUT2D eigenvalue weighted by Crippen LogP contribution is -2.19. The van der Waals surface area contributed by atoms with Crippen LogP contribution in [-0.4, -0.2) is 6.36 Å². The van der Waals surface area contributed by atoms with E-state index >= 15 is 0 Å². The Labute approximate surface area is 143 Å². The first kappa shape index (κ1) is 21.0. The van der Waals surface area contributed by atoms with Crippen molar-refractivity contribution in [3.63, 3.8) is 0 Å². The molecular formula is C15H11ClF7NO. The number of hydrogen-bond acceptors (Lipinski definition) is 2. The summed E-state index contributed by atoms with van der Waals surface area (Å²) in [4.78, 5) is 0. The van der Waals surface area contributed by atoms with Crippen LogP contribution >= 0.6 is 12.4 Å². The van der Waals surface area contributed by atoms with Crippen LogP contribution in [0, 0.1) is 5.82 Å². The second kappa shape index (κ2) is 7.49. The summed E-state index contributed by atoms with van der Waals surface area (Å²) in [6.07, 6.45) is -9.71. The molecule has 0 aliphatic carbocycles. The number of hydrogen-bond donors (Lipinski definition) is 1. The first-order chi connectivity index (χ1) is 11.0. The van der Waals surface area contributed by atoms with Crippen LogP contribution in [0.4, 0.5) is 30.7 Å². The first-order valence-corrected chi connectivity index (χ1v) is 6.45. The predicted molar refractivity (Wildman–Crippen MR) is 77.8 cm³/mol. The van der Waals surface area contributed by atoms with Crippen LogP contribution in [0.3, 0.4) is 0 Å². The fourth-order valence-corrected chi connectivity index (χ4v) is 2.10. The molecule has 0 saturated carbocycles. The van der Waals surface area contributed by atoms with Crippen molar-refractivity contribution in [3.05, 3.63) is 65.0 Å². The number of benzene rings is 2. The van der Waals surface area contributed by atoms with E-state index in [1.54, 1.807) is 0 Å². The minimum atomic E-state index is -4.88. The molecule has 2 aromatic rings. The van der Waals surface area contributed by atoms with Crippen molar-refractivity contribution in [1.29, 1.82) is 0 Å². The zero-order valence-electron chi connectivity index (χ0n) is 12.2. The van der Waals surface area contributed by atoms with Crippen LogP contribution in [0.1, 0.15) is 22.7 Å². The second-order valence-electron chi connectivity index (χ2n) is 4.82. The van der Waals surface area contributed by atoms with Crippen molar-refractivity contribution in [2.24, 2.45) is 5.73 Å². The number of rotatable bonds is 3. The van der Waals surface area contributed by atoms with Gasteiger partial charge in [0.05, 0.1) is 11.6 Å². The monoisotopic (exact) mass is 389 g/mol. The van der Waals surface area contributed by atoms with Gasteiger partial charge in [0.25, 0.3) is 0 Å². The Morgan fingerprint density at radius 1 is 0.880 bits per heavy atom. The lowest BCUT2D eigenvalue weighted by molar-refractivity contribution is -0.274. The molecule has 0 saturated heterocycles. The largest absolute Gasteiger partial charge is 0.573 e. The van der Waals surface area contributed by atoms with Crippen LogP contribution in [0.5, 0.6) is 5.75 Å². The highest BCUT2D eigenvalue weighted by Gasteiger charge is 2.35. The van der Waals surface area contributed by atoms with Gasteiger partial charge in [-0.05, 0) is 35.4 Å². The molecule has 0 aliphatic heterocycles. The Morgan fingerprint density at radius 2 is 1.44 bits per heavy atom. The third-order valence-electron chi connectivity index (χ3n) is 3.13. The van der Waals surface area contributed by atoms with Crippen LogP contribution in [0.25, 0.3) is 0 Å². The normalized spacial score (nSPS) is 13.1. The summed E-state index contributed by atoms with van der Waals surface area (Å²) in [5.74, 6) is -1.61. The summed E-state index contributed by atoms with van der Waals surface area (Å²) >= 11 is 0. The van der Waals surface area contributed by atoms with Gasteiger partial charge >= 0.3 is 12.5 Å². The predicted octanol–water partition coefficient (Wildman–Crippen LogP) is 5.21. The molecule has 2 rings (SSSR count). The molecule has 10 heteroatoms. The van der Waals surface area contributed by atoms with Crippen molar-refractivity contribution in [2.45, 2.75) is 18.6 Å². The molecular weight excluding hydrogens is 379 g/mol. The summed E-state index contributed by atoms with van der Waals surface area (Å²) in [5, 5.41) is 0. The standard InChI is InChI=1S/C15H10F7NO.ClH/c16-9-3-6-11(12(7-9)14(17,18)19)13(23)8-1-4-10(5-2-8)24-15(20,21)22;/h1-7,13H,23H2;1H/t13-;/m1./s1. The van der Waals surface area contributed by atoms with Crippen LogP contribution < -0.4 is 10.5 Å². The maximum absolute atomic E-state index is 13.1. The molecule has 25 heavy (non-hydrogen) atoms. The molecule has 0 spiro atoms. The fourth-order valence-electron chi connectivity index (χ4n) is 2.10. The number of nitrogens with two attached hydrogens (primary N) is 1. The van der Waals surface area contributed by atoms with E-state index in [0.717, 1.165) is 36.4 Å². The van der Waals surface area contributed by atoms with Gasteiger partial charge in [0.2, 0.25) is 0 Å². The molecule has 0 unspecified atom stereocenters. The summed E-state index contributed by atoms with van der Waals surface area (Å²) in [5.41, 5.74) is 4.23. The lowest BCUT2D eigenvalue weighted by Gasteiger charge is -2.19. The third kappa shape index (κ3) is 5.50. The molecule has 0 heterocycles. The Kier molecular flexibility index (Phi) is 6.30. The Morgan fingerprint density at radius 3 is 1.92 bits per heavy atom. The van der Waals surface area contributed by atoms with Crippen molar-refractivity contribution in [1.82, 2.24) is 0 Å². The maximum atomic E-state index is 13.1. The van der Waals surface area contributed by atoms with E-state index in [0.29, 0.717) is 6.07 Å². The number of alkyl halides is 6. The van der Waals surface area contributed by atoms with Crippen LogP contribution in [-0.2, 0) is 6.18 Å². The van der Waals surface area contributed by atoms with Crippen molar-refractivity contribution < 1.29 is 35.5 Å². The molecule has 0 amide bonds. The molecule has 0 fully saturated rings. The Balaban J connectivity index is 0.00000312. The zero-order valence-corrected chi connectivity index (χ0v) is 13.0. The van der Waals surface area contributed by atoms with Crippen molar-refractivity contribution in [3.8, 4) is 5.75 Å². The van der Waals surface area contributed by atoms with E-state index in [1.807, 2.05) is 0 Å². The van der Waals surface area contributed by atoms with Crippen molar-refractivity contribution in [2.75, 3.05) is 0 Å². The maximum Gasteiger partial charge on any atom is 0.573 e. The summed E-state index contributed by atoms with van der Waals surface area (Å²) in [6.45, 7) is 0. The molecule has 1 atom stereocenters. The van der Waals surface area contributed by atoms with Crippen molar-refractivity contribution >= 4 is 12.4 Å². The Hall–Kier alpha value is -2.00. The van der Waals surface area contributed by atoms with E-state index < -0.39 is 41.3 Å². The average molecular weight is 390 g/mol. The van der Waals surface area contributed by atoms with Gasteiger partial charge in [-0.3, -0.25) is 0 Å². The summed E-state index contributed by atoms with van der Waals surface area (Å²) in [7, 11) is 0. The SMILES string of the molecule is Cl.N[C@H](c1ccc(OC(F)(F)F)cc1)c1ccc(F)cc1C(F)(F)F. The molecule has 2 nitrogen and oxygen atoms in total. The quantitative estimate of drug-likeness (QED) is 0.731. The minimum absolute atomic E-state index is 0. The van der Waals surface area contributed by atoms with Gasteiger partial charge in [0, 0.05) is 0 Å². The highest BCUT2D eigenvalue weighted by molar-refractivity contribution is 5.85. The summed E-state index contributed by atoms with van der Waals surface area (Å²) in [6, 6.07) is 4.80. The smallest absolute Gasteiger partial charge is 0.406 e.